The summed E-state index contributed by atoms with van der Waals surface area (Å²) >= 11 is 3.55. The van der Waals surface area contributed by atoms with Crippen molar-refractivity contribution in [3.63, 3.8) is 0 Å². The Morgan fingerprint density at radius 3 is 2.46 bits per heavy atom. The number of hydrogen-bond donors (Lipinski definition) is 1. The quantitative estimate of drug-likeness (QED) is 0.732. The van der Waals surface area contributed by atoms with Gasteiger partial charge in [-0.2, -0.15) is 5.10 Å². The fourth-order valence-electron chi connectivity index (χ4n) is 3.36. The standard InChI is InChI=1S/C18H15N3OS2/c22-17(21-7-8-21)16-12-5-6-18(11-13(12)19-20-16,14-3-1-9-23-14)15-4-2-10-24-15/h1-6,9-10H,7-8,11H2,(H,19,20). The number of H-pyrrole nitrogens is 1. The number of fused-ring (bicyclic) bond motifs is 1. The van der Waals surface area contributed by atoms with E-state index < -0.39 is 0 Å². The third-order valence-electron chi connectivity index (χ3n) is 4.73. The van der Waals surface area contributed by atoms with Crippen molar-refractivity contribution >= 4 is 34.7 Å². The van der Waals surface area contributed by atoms with E-state index in [0.29, 0.717) is 5.69 Å². The monoisotopic (exact) mass is 353 g/mol. The summed E-state index contributed by atoms with van der Waals surface area (Å²) in [6, 6.07) is 8.58. The molecule has 0 aromatic carbocycles. The number of aromatic nitrogens is 2. The summed E-state index contributed by atoms with van der Waals surface area (Å²) in [5.74, 6) is 0.0388. The molecule has 5 rings (SSSR count). The van der Waals surface area contributed by atoms with Gasteiger partial charge < -0.3 is 4.90 Å². The van der Waals surface area contributed by atoms with Gasteiger partial charge in [0.25, 0.3) is 5.91 Å². The zero-order valence-electron chi connectivity index (χ0n) is 12.9. The van der Waals surface area contributed by atoms with Crippen LogP contribution >= 0.6 is 22.7 Å². The van der Waals surface area contributed by atoms with Gasteiger partial charge in [-0.05, 0) is 22.9 Å². The van der Waals surface area contributed by atoms with Crippen LogP contribution in [0.1, 0.15) is 31.5 Å². The van der Waals surface area contributed by atoms with Crippen LogP contribution in [0, 0.1) is 0 Å². The molecule has 4 nitrogen and oxygen atoms in total. The number of nitrogens with zero attached hydrogens (tertiary/aromatic N) is 2. The number of rotatable bonds is 3. The summed E-state index contributed by atoms with van der Waals surface area (Å²) in [5, 5.41) is 11.7. The third-order valence-corrected chi connectivity index (χ3v) is 6.83. The summed E-state index contributed by atoms with van der Waals surface area (Å²) in [7, 11) is 0. The van der Waals surface area contributed by atoms with Crippen molar-refractivity contribution in [1.82, 2.24) is 15.1 Å². The van der Waals surface area contributed by atoms with E-state index in [2.05, 4.69) is 57.4 Å². The molecule has 0 radical (unpaired) electrons. The van der Waals surface area contributed by atoms with E-state index >= 15 is 0 Å². The second-order valence-corrected chi connectivity index (χ2v) is 8.09. The maximum absolute atomic E-state index is 12.4. The van der Waals surface area contributed by atoms with Crippen molar-refractivity contribution in [2.75, 3.05) is 13.1 Å². The van der Waals surface area contributed by atoms with Crippen LogP contribution in [0.3, 0.4) is 0 Å². The number of nitrogens with one attached hydrogen (secondary N) is 1. The smallest absolute Gasteiger partial charge is 0.275 e. The normalized spacial score (nSPS) is 17.8. The molecule has 1 aliphatic carbocycles. The lowest BCUT2D eigenvalue weighted by molar-refractivity contribution is 0.0880. The second kappa shape index (κ2) is 5.16. The van der Waals surface area contributed by atoms with Gasteiger partial charge in [-0.25, -0.2) is 0 Å². The van der Waals surface area contributed by atoms with Crippen molar-refractivity contribution in [2.45, 2.75) is 11.8 Å². The van der Waals surface area contributed by atoms with Crippen LogP contribution < -0.4 is 0 Å². The Bertz CT molecular complexity index is 884. The fourth-order valence-corrected chi connectivity index (χ4v) is 5.26. The minimum absolute atomic E-state index is 0.0388. The van der Waals surface area contributed by atoms with E-state index in [1.807, 2.05) is 4.90 Å². The van der Waals surface area contributed by atoms with Gasteiger partial charge in [-0.15, -0.1) is 22.7 Å². The molecule has 6 heteroatoms. The van der Waals surface area contributed by atoms with Crippen LogP contribution in [0.2, 0.25) is 0 Å². The lowest BCUT2D eigenvalue weighted by atomic mass is 9.76. The molecule has 1 N–H and O–H groups in total. The van der Waals surface area contributed by atoms with E-state index in [4.69, 9.17) is 0 Å². The number of allylic oxidation sites excluding steroid dienone is 1. The number of aromatic amines is 1. The summed E-state index contributed by atoms with van der Waals surface area (Å²) < 4.78 is 0. The number of carbonyl (C=O) groups is 1. The Morgan fingerprint density at radius 1 is 1.17 bits per heavy atom. The van der Waals surface area contributed by atoms with Gasteiger partial charge in [0.1, 0.15) is 0 Å². The van der Waals surface area contributed by atoms with Crippen molar-refractivity contribution in [3.05, 3.63) is 67.8 Å². The molecule has 0 saturated carbocycles. The highest BCUT2D eigenvalue weighted by atomic mass is 32.1. The van der Waals surface area contributed by atoms with Crippen LogP contribution in [0.4, 0.5) is 0 Å². The molecular weight excluding hydrogens is 338 g/mol. The second-order valence-electron chi connectivity index (χ2n) is 6.19. The predicted octanol–water partition coefficient (Wildman–Crippen LogP) is 3.54. The predicted molar refractivity (Wildman–Crippen MR) is 96.6 cm³/mol. The average molecular weight is 353 g/mol. The first-order valence-corrected chi connectivity index (χ1v) is 9.67. The fraction of sp³-hybridized carbons (Fsp3) is 0.222. The topological polar surface area (TPSA) is 48.8 Å². The van der Waals surface area contributed by atoms with Gasteiger partial charge in [0.2, 0.25) is 0 Å². The van der Waals surface area contributed by atoms with Crippen LogP contribution in [0.5, 0.6) is 0 Å². The number of hydrogen-bond acceptors (Lipinski definition) is 4. The first kappa shape index (κ1) is 14.2. The molecule has 120 valence electrons. The molecule has 1 aliphatic heterocycles. The van der Waals surface area contributed by atoms with Crippen LogP contribution in [-0.4, -0.2) is 34.1 Å². The molecular formula is C18H15N3OS2. The molecule has 4 heterocycles. The minimum Gasteiger partial charge on any atom is -0.334 e. The van der Waals surface area contributed by atoms with Crippen LogP contribution in [0.15, 0.2) is 41.1 Å². The highest BCUT2D eigenvalue weighted by Crippen LogP contribution is 2.45. The molecule has 2 aliphatic rings. The summed E-state index contributed by atoms with van der Waals surface area (Å²) in [6.07, 6.45) is 5.14. The molecule has 3 aromatic heterocycles. The van der Waals surface area contributed by atoms with Gasteiger partial charge in [-0.3, -0.25) is 9.89 Å². The highest BCUT2D eigenvalue weighted by molar-refractivity contribution is 7.11. The van der Waals surface area contributed by atoms with Crippen LogP contribution in [-0.2, 0) is 11.8 Å². The van der Waals surface area contributed by atoms with Crippen molar-refractivity contribution < 1.29 is 4.79 Å². The Morgan fingerprint density at radius 2 is 1.88 bits per heavy atom. The molecule has 1 fully saturated rings. The zero-order valence-corrected chi connectivity index (χ0v) is 14.5. The Balaban J connectivity index is 1.62. The first-order valence-electron chi connectivity index (χ1n) is 7.92. The lowest BCUT2D eigenvalue weighted by Gasteiger charge is -2.31. The Hall–Kier alpha value is -2.18. The summed E-state index contributed by atoms with van der Waals surface area (Å²) in [6.45, 7) is 1.69. The first-order chi connectivity index (χ1) is 11.8. The Labute approximate surface area is 147 Å². The molecule has 1 amide bonds. The molecule has 0 bridgehead atoms. The average Bonchev–Trinajstić information content (AvgIpc) is 3.05. The summed E-state index contributed by atoms with van der Waals surface area (Å²) in [5.41, 5.74) is 2.40. The van der Waals surface area contributed by atoms with Crippen molar-refractivity contribution in [3.8, 4) is 0 Å². The number of thiophene rings is 2. The van der Waals surface area contributed by atoms with Gasteiger partial charge in [0.05, 0.1) is 5.41 Å². The van der Waals surface area contributed by atoms with Crippen molar-refractivity contribution in [2.24, 2.45) is 0 Å². The van der Waals surface area contributed by atoms with E-state index in [-0.39, 0.29) is 11.3 Å². The van der Waals surface area contributed by atoms with Gasteiger partial charge in [0, 0.05) is 40.5 Å². The molecule has 24 heavy (non-hydrogen) atoms. The Kier molecular flexibility index (Phi) is 3.05. The highest BCUT2D eigenvalue weighted by Gasteiger charge is 2.39. The SMILES string of the molecule is O=C(c1n[nH]c2c1C=CC(c1cccs1)(c1cccs1)C2)N1CC1. The maximum atomic E-state index is 12.4. The van der Waals surface area contributed by atoms with E-state index in [1.165, 1.54) is 9.75 Å². The van der Waals surface area contributed by atoms with E-state index in [9.17, 15) is 4.79 Å². The third kappa shape index (κ3) is 2.03. The van der Waals surface area contributed by atoms with E-state index in [0.717, 1.165) is 30.8 Å². The number of amides is 1. The summed E-state index contributed by atoms with van der Waals surface area (Å²) in [4.78, 5) is 16.8. The van der Waals surface area contributed by atoms with Gasteiger partial charge in [-0.1, -0.05) is 24.3 Å². The molecule has 0 unspecified atom stereocenters. The maximum Gasteiger partial charge on any atom is 0.275 e. The minimum atomic E-state index is -0.165. The van der Waals surface area contributed by atoms with Gasteiger partial charge in [0.15, 0.2) is 5.69 Å². The molecule has 3 aromatic rings. The number of carbonyl (C=O) groups excluding carboxylic acids is 1. The van der Waals surface area contributed by atoms with Gasteiger partial charge >= 0.3 is 0 Å². The zero-order chi connectivity index (χ0) is 16.1. The molecule has 0 atom stereocenters. The van der Waals surface area contributed by atoms with E-state index in [1.54, 1.807) is 22.7 Å². The lowest BCUT2D eigenvalue weighted by Crippen LogP contribution is -2.28. The largest absolute Gasteiger partial charge is 0.334 e. The van der Waals surface area contributed by atoms with Crippen LogP contribution in [0.25, 0.3) is 6.08 Å². The molecule has 1 saturated heterocycles. The molecule has 0 spiro atoms. The van der Waals surface area contributed by atoms with Crippen molar-refractivity contribution in [1.29, 1.82) is 0 Å².